The fourth-order valence-electron chi connectivity index (χ4n) is 1.74. The highest BCUT2D eigenvalue weighted by molar-refractivity contribution is 7.09. The maximum Gasteiger partial charge on any atom is 0.0994 e. The Labute approximate surface area is 111 Å². The van der Waals surface area contributed by atoms with Crippen LogP contribution in [-0.4, -0.2) is 11.5 Å². The zero-order valence-electron chi connectivity index (χ0n) is 10.5. The number of anilines is 1. The van der Waals surface area contributed by atoms with Gasteiger partial charge in [-0.25, -0.2) is 4.98 Å². The number of nitriles is 1. The van der Waals surface area contributed by atoms with Gasteiger partial charge in [0.1, 0.15) is 0 Å². The number of nitrogens with zero attached hydrogens (tertiary/aromatic N) is 2. The van der Waals surface area contributed by atoms with Gasteiger partial charge in [0, 0.05) is 29.7 Å². The Morgan fingerprint density at radius 2 is 2.33 bits per heavy atom. The van der Waals surface area contributed by atoms with Crippen molar-refractivity contribution in [3.63, 3.8) is 0 Å². The van der Waals surface area contributed by atoms with E-state index in [-0.39, 0.29) is 0 Å². The molecule has 1 aromatic heterocycles. The Morgan fingerprint density at radius 3 is 2.94 bits per heavy atom. The molecule has 0 aliphatic carbocycles. The molecule has 0 radical (unpaired) electrons. The van der Waals surface area contributed by atoms with Crippen molar-refractivity contribution >= 4 is 17.0 Å². The highest BCUT2D eigenvalue weighted by Gasteiger charge is 2.08. The first kappa shape index (κ1) is 12.6. The van der Waals surface area contributed by atoms with E-state index in [1.807, 2.05) is 36.7 Å². The Hall–Kier alpha value is -1.86. The third-order valence-electron chi connectivity index (χ3n) is 2.83. The first-order valence-corrected chi connectivity index (χ1v) is 6.72. The molecule has 0 aliphatic heterocycles. The maximum atomic E-state index is 8.88. The quantitative estimate of drug-likeness (QED) is 0.911. The molecule has 0 spiro atoms. The monoisotopic (exact) mass is 257 g/mol. The van der Waals surface area contributed by atoms with Gasteiger partial charge < -0.3 is 5.32 Å². The SMILES string of the molecule is Cc1cc(NCC(C)c2nccs2)ccc1C#N. The van der Waals surface area contributed by atoms with E-state index < -0.39 is 0 Å². The molecule has 1 aromatic carbocycles. The third-order valence-corrected chi connectivity index (χ3v) is 3.84. The van der Waals surface area contributed by atoms with Crippen LogP contribution in [0.2, 0.25) is 0 Å². The largest absolute Gasteiger partial charge is 0.384 e. The van der Waals surface area contributed by atoms with E-state index >= 15 is 0 Å². The zero-order chi connectivity index (χ0) is 13.0. The molecule has 92 valence electrons. The summed E-state index contributed by atoms with van der Waals surface area (Å²) < 4.78 is 0. The van der Waals surface area contributed by atoms with Crippen LogP contribution in [0, 0.1) is 18.3 Å². The van der Waals surface area contributed by atoms with Crippen molar-refractivity contribution in [3.8, 4) is 6.07 Å². The van der Waals surface area contributed by atoms with E-state index in [4.69, 9.17) is 5.26 Å². The normalized spacial score (nSPS) is 11.8. The summed E-state index contributed by atoms with van der Waals surface area (Å²) in [5, 5.41) is 15.4. The van der Waals surface area contributed by atoms with Crippen molar-refractivity contribution in [1.82, 2.24) is 4.98 Å². The van der Waals surface area contributed by atoms with Gasteiger partial charge in [-0.3, -0.25) is 0 Å². The molecule has 0 bridgehead atoms. The molecule has 2 rings (SSSR count). The number of thiazole rings is 1. The average Bonchev–Trinajstić information content (AvgIpc) is 2.90. The van der Waals surface area contributed by atoms with Gasteiger partial charge in [0.05, 0.1) is 16.6 Å². The van der Waals surface area contributed by atoms with Crippen molar-refractivity contribution < 1.29 is 0 Å². The number of hydrogen-bond acceptors (Lipinski definition) is 4. The average molecular weight is 257 g/mol. The molecule has 1 heterocycles. The second kappa shape index (κ2) is 5.65. The number of hydrogen-bond donors (Lipinski definition) is 1. The minimum absolute atomic E-state index is 0.390. The van der Waals surface area contributed by atoms with E-state index in [0.717, 1.165) is 28.4 Å². The summed E-state index contributed by atoms with van der Waals surface area (Å²) in [7, 11) is 0. The minimum atomic E-state index is 0.390. The van der Waals surface area contributed by atoms with Crippen LogP contribution in [0.1, 0.15) is 29.0 Å². The first-order valence-electron chi connectivity index (χ1n) is 5.84. The number of benzene rings is 1. The lowest BCUT2D eigenvalue weighted by molar-refractivity contribution is 0.795. The smallest absolute Gasteiger partial charge is 0.0994 e. The number of aromatic nitrogens is 1. The molecule has 0 saturated heterocycles. The van der Waals surface area contributed by atoms with Gasteiger partial charge in [-0.15, -0.1) is 11.3 Å². The summed E-state index contributed by atoms with van der Waals surface area (Å²) >= 11 is 1.68. The van der Waals surface area contributed by atoms with E-state index in [1.54, 1.807) is 11.3 Å². The van der Waals surface area contributed by atoms with Crippen LogP contribution in [0.3, 0.4) is 0 Å². The van der Waals surface area contributed by atoms with Crippen molar-refractivity contribution in [3.05, 3.63) is 45.9 Å². The topological polar surface area (TPSA) is 48.7 Å². The van der Waals surface area contributed by atoms with Crippen molar-refractivity contribution in [2.45, 2.75) is 19.8 Å². The molecule has 0 aliphatic rings. The second-order valence-electron chi connectivity index (χ2n) is 4.29. The summed E-state index contributed by atoms with van der Waals surface area (Å²) in [6.07, 6.45) is 1.84. The Balaban J connectivity index is 1.99. The molecule has 1 N–H and O–H groups in total. The molecule has 18 heavy (non-hydrogen) atoms. The summed E-state index contributed by atoms with van der Waals surface area (Å²) in [6, 6.07) is 7.98. The third kappa shape index (κ3) is 2.88. The van der Waals surface area contributed by atoms with Gasteiger partial charge in [0.15, 0.2) is 0 Å². The lowest BCUT2D eigenvalue weighted by atomic mass is 10.1. The van der Waals surface area contributed by atoms with E-state index in [2.05, 4.69) is 23.3 Å². The Bertz CT molecular complexity index is 555. The molecule has 2 aromatic rings. The fraction of sp³-hybridized carbons (Fsp3) is 0.286. The molecule has 0 saturated carbocycles. The summed E-state index contributed by atoms with van der Waals surface area (Å²) in [5.41, 5.74) is 2.79. The summed E-state index contributed by atoms with van der Waals surface area (Å²) in [6.45, 7) is 4.95. The lowest BCUT2D eigenvalue weighted by Crippen LogP contribution is -2.09. The van der Waals surface area contributed by atoms with Crippen LogP contribution in [0.25, 0.3) is 0 Å². The van der Waals surface area contributed by atoms with Gasteiger partial charge in [-0.05, 0) is 30.7 Å². The summed E-state index contributed by atoms with van der Waals surface area (Å²) in [4.78, 5) is 4.31. The molecule has 0 fully saturated rings. The highest BCUT2D eigenvalue weighted by atomic mass is 32.1. The molecule has 4 heteroatoms. The summed E-state index contributed by atoms with van der Waals surface area (Å²) in [5.74, 6) is 0.390. The van der Waals surface area contributed by atoms with Crippen LogP contribution < -0.4 is 5.32 Å². The van der Waals surface area contributed by atoms with Crippen molar-refractivity contribution in [2.75, 3.05) is 11.9 Å². The maximum absolute atomic E-state index is 8.88. The fourth-order valence-corrected chi connectivity index (χ4v) is 2.43. The lowest BCUT2D eigenvalue weighted by Gasteiger charge is -2.12. The van der Waals surface area contributed by atoms with Crippen LogP contribution in [0.4, 0.5) is 5.69 Å². The molecule has 3 nitrogen and oxygen atoms in total. The molecular weight excluding hydrogens is 242 g/mol. The zero-order valence-corrected chi connectivity index (χ0v) is 11.3. The Kier molecular flexibility index (Phi) is 3.96. The molecule has 1 atom stereocenters. The van der Waals surface area contributed by atoms with Crippen molar-refractivity contribution in [2.24, 2.45) is 0 Å². The van der Waals surface area contributed by atoms with Crippen molar-refractivity contribution in [1.29, 1.82) is 5.26 Å². The van der Waals surface area contributed by atoms with Gasteiger partial charge >= 0.3 is 0 Å². The van der Waals surface area contributed by atoms with Gasteiger partial charge in [0.2, 0.25) is 0 Å². The number of nitrogens with one attached hydrogen (secondary N) is 1. The first-order chi connectivity index (χ1) is 8.70. The van der Waals surface area contributed by atoms with E-state index in [1.165, 1.54) is 0 Å². The molecular formula is C14H15N3S. The molecule has 1 unspecified atom stereocenters. The van der Waals surface area contributed by atoms with Crippen LogP contribution >= 0.6 is 11.3 Å². The highest BCUT2D eigenvalue weighted by Crippen LogP contribution is 2.19. The predicted octanol–water partition coefficient (Wildman–Crippen LogP) is 3.54. The second-order valence-corrected chi connectivity index (χ2v) is 5.22. The van der Waals surface area contributed by atoms with Crippen LogP contribution in [0.15, 0.2) is 29.8 Å². The minimum Gasteiger partial charge on any atom is -0.384 e. The van der Waals surface area contributed by atoms with Gasteiger partial charge in [-0.1, -0.05) is 6.92 Å². The van der Waals surface area contributed by atoms with E-state index in [0.29, 0.717) is 5.92 Å². The molecule has 0 amide bonds. The number of aryl methyl sites for hydroxylation is 1. The Morgan fingerprint density at radius 1 is 1.50 bits per heavy atom. The van der Waals surface area contributed by atoms with Crippen LogP contribution in [-0.2, 0) is 0 Å². The van der Waals surface area contributed by atoms with Gasteiger partial charge in [0.25, 0.3) is 0 Å². The standard InChI is InChI=1S/C14H15N3S/c1-10-7-13(4-3-12(10)8-15)17-9-11(2)14-16-5-6-18-14/h3-7,11,17H,9H2,1-2H3. The van der Waals surface area contributed by atoms with Crippen LogP contribution in [0.5, 0.6) is 0 Å². The van der Waals surface area contributed by atoms with Gasteiger partial charge in [-0.2, -0.15) is 5.26 Å². The predicted molar refractivity (Wildman–Crippen MR) is 74.9 cm³/mol. The van der Waals surface area contributed by atoms with E-state index in [9.17, 15) is 0 Å². The number of rotatable bonds is 4.